The standard InChI is InChI=1S/C16H14N2O7/c19-9-13(16(21)22)17-15(20)11-4-1-10(2-5-11)3-6-12-7-8-14(25-12)18(23)24/h1-8,13,19H,9H2,(H,17,20)(H,21,22)/t13-/m0/s1. The molecule has 1 aromatic carbocycles. The maximum absolute atomic E-state index is 11.9. The van der Waals surface area contributed by atoms with E-state index < -0.39 is 29.4 Å². The summed E-state index contributed by atoms with van der Waals surface area (Å²) in [6, 6.07) is 7.51. The van der Waals surface area contributed by atoms with E-state index >= 15 is 0 Å². The highest BCUT2D eigenvalue weighted by molar-refractivity contribution is 5.96. The first-order chi connectivity index (χ1) is 11.9. The largest absolute Gasteiger partial charge is 0.480 e. The summed E-state index contributed by atoms with van der Waals surface area (Å²) >= 11 is 0. The maximum Gasteiger partial charge on any atom is 0.433 e. The Morgan fingerprint density at radius 2 is 1.88 bits per heavy atom. The number of aliphatic hydroxyl groups excluding tert-OH is 1. The molecule has 0 aliphatic carbocycles. The van der Waals surface area contributed by atoms with Crippen LogP contribution in [0.3, 0.4) is 0 Å². The van der Waals surface area contributed by atoms with Crippen molar-refractivity contribution in [3.05, 3.63) is 63.4 Å². The zero-order chi connectivity index (χ0) is 18.4. The van der Waals surface area contributed by atoms with E-state index in [1.807, 2.05) is 0 Å². The summed E-state index contributed by atoms with van der Waals surface area (Å²) in [6.45, 7) is -0.711. The number of amides is 1. The highest BCUT2D eigenvalue weighted by Crippen LogP contribution is 2.18. The van der Waals surface area contributed by atoms with Crippen molar-refractivity contribution >= 4 is 29.9 Å². The molecule has 1 amide bonds. The van der Waals surface area contributed by atoms with Crippen molar-refractivity contribution in [3.63, 3.8) is 0 Å². The third-order valence-electron chi connectivity index (χ3n) is 3.19. The second-order valence-electron chi connectivity index (χ2n) is 4.94. The Bertz CT molecular complexity index is 808. The minimum absolute atomic E-state index is 0.227. The number of carbonyl (C=O) groups excluding carboxylic acids is 1. The molecular formula is C16H14N2O7. The van der Waals surface area contributed by atoms with Crippen molar-refractivity contribution in [3.8, 4) is 0 Å². The van der Waals surface area contributed by atoms with Crippen molar-refractivity contribution in [2.45, 2.75) is 6.04 Å². The zero-order valence-corrected chi connectivity index (χ0v) is 12.8. The van der Waals surface area contributed by atoms with Gasteiger partial charge < -0.3 is 19.9 Å². The van der Waals surface area contributed by atoms with Crippen molar-refractivity contribution in [1.29, 1.82) is 0 Å². The number of rotatable bonds is 7. The number of carboxylic acids is 1. The number of hydrogen-bond donors (Lipinski definition) is 3. The summed E-state index contributed by atoms with van der Waals surface area (Å²) in [5, 5.41) is 30.4. The Morgan fingerprint density at radius 1 is 1.20 bits per heavy atom. The van der Waals surface area contributed by atoms with Crippen LogP contribution in [0.5, 0.6) is 0 Å². The maximum atomic E-state index is 11.9. The Hall–Kier alpha value is -3.46. The number of nitrogens with zero attached hydrogens (tertiary/aromatic N) is 1. The van der Waals surface area contributed by atoms with E-state index in [1.54, 1.807) is 18.2 Å². The first-order valence-electron chi connectivity index (χ1n) is 7.07. The molecule has 9 nitrogen and oxygen atoms in total. The van der Waals surface area contributed by atoms with Crippen molar-refractivity contribution < 1.29 is 29.1 Å². The highest BCUT2D eigenvalue weighted by Gasteiger charge is 2.19. The predicted octanol–water partition coefficient (Wildman–Crippen LogP) is 1.53. The molecule has 130 valence electrons. The second-order valence-corrected chi connectivity index (χ2v) is 4.94. The van der Waals surface area contributed by atoms with Gasteiger partial charge in [0.15, 0.2) is 6.04 Å². The molecule has 0 radical (unpaired) electrons. The second kappa shape index (κ2) is 7.88. The summed E-state index contributed by atoms with van der Waals surface area (Å²) in [4.78, 5) is 32.6. The van der Waals surface area contributed by atoms with Crippen LogP contribution >= 0.6 is 0 Å². The summed E-state index contributed by atoms with van der Waals surface area (Å²) in [6.07, 6.45) is 3.17. The molecule has 25 heavy (non-hydrogen) atoms. The Morgan fingerprint density at radius 3 is 2.40 bits per heavy atom. The Kier molecular flexibility index (Phi) is 5.64. The van der Waals surface area contributed by atoms with E-state index in [9.17, 15) is 19.7 Å². The molecule has 1 atom stereocenters. The van der Waals surface area contributed by atoms with E-state index in [0.29, 0.717) is 11.3 Å². The molecule has 9 heteroatoms. The van der Waals surface area contributed by atoms with Gasteiger partial charge in [-0.05, 0) is 29.8 Å². The van der Waals surface area contributed by atoms with Gasteiger partial charge in [-0.1, -0.05) is 18.2 Å². The fraction of sp³-hybridized carbons (Fsp3) is 0.125. The van der Waals surface area contributed by atoms with Gasteiger partial charge in [-0.25, -0.2) is 4.79 Å². The third kappa shape index (κ3) is 4.75. The monoisotopic (exact) mass is 346 g/mol. The van der Waals surface area contributed by atoms with Crippen LogP contribution in [-0.2, 0) is 4.79 Å². The molecule has 0 aliphatic heterocycles. The van der Waals surface area contributed by atoms with E-state index in [0.717, 1.165) is 0 Å². The molecule has 1 heterocycles. The number of nitro groups is 1. The van der Waals surface area contributed by atoms with Gasteiger partial charge in [0.2, 0.25) is 0 Å². The molecule has 0 spiro atoms. The molecule has 0 saturated heterocycles. The lowest BCUT2D eigenvalue weighted by atomic mass is 10.1. The number of aliphatic carboxylic acids is 1. The van der Waals surface area contributed by atoms with Crippen LogP contribution in [0.1, 0.15) is 21.7 Å². The van der Waals surface area contributed by atoms with Gasteiger partial charge in [-0.15, -0.1) is 0 Å². The van der Waals surface area contributed by atoms with E-state index in [1.165, 1.54) is 30.3 Å². The number of aliphatic hydroxyl groups is 1. The normalized spacial score (nSPS) is 12.0. The SMILES string of the molecule is O=C(N[C@@H](CO)C(=O)O)c1ccc(C=Cc2ccc([N+](=O)[O-])o2)cc1. The summed E-state index contributed by atoms with van der Waals surface area (Å²) in [5.74, 6) is -2.01. The number of hydrogen-bond acceptors (Lipinski definition) is 6. The Balaban J connectivity index is 2.03. The molecule has 2 aromatic rings. The first kappa shape index (κ1) is 17.9. The first-order valence-corrected chi connectivity index (χ1v) is 7.07. The van der Waals surface area contributed by atoms with Crippen LogP contribution < -0.4 is 5.32 Å². The van der Waals surface area contributed by atoms with E-state index in [-0.39, 0.29) is 11.4 Å². The molecule has 0 bridgehead atoms. The molecule has 0 fully saturated rings. The third-order valence-corrected chi connectivity index (χ3v) is 3.19. The lowest BCUT2D eigenvalue weighted by Gasteiger charge is -2.11. The van der Waals surface area contributed by atoms with Crippen LogP contribution in [0.25, 0.3) is 12.2 Å². The Labute approximate surface area is 141 Å². The van der Waals surface area contributed by atoms with Crippen LogP contribution in [0, 0.1) is 10.1 Å². The van der Waals surface area contributed by atoms with Crippen molar-refractivity contribution in [2.24, 2.45) is 0 Å². The molecule has 1 aromatic heterocycles. The fourth-order valence-corrected chi connectivity index (χ4v) is 1.88. The van der Waals surface area contributed by atoms with Gasteiger partial charge in [0.05, 0.1) is 12.7 Å². The number of nitrogens with one attached hydrogen (secondary N) is 1. The molecule has 0 unspecified atom stereocenters. The minimum Gasteiger partial charge on any atom is -0.480 e. The van der Waals surface area contributed by atoms with Crippen LogP contribution in [-0.4, -0.2) is 39.7 Å². The van der Waals surface area contributed by atoms with Gasteiger partial charge in [-0.3, -0.25) is 14.9 Å². The van der Waals surface area contributed by atoms with Gasteiger partial charge >= 0.3 is 11.9 Å². The average molecular weight is 346 g/mol. The van der Waals surface area contributed by atoms with Crippen LogP contribution in [0.4, 0.5) is 5.88 Å². The number of carbonyl (C=O) groups is 2. The molecular weight excluding hydrogens is 332 g/mol. The fourth-order valence-electron chi connectivity index (χ4n) is 1.88. The van der Waals surface area contributed by atoms with Crippen LogP contribution in [0.15, 0.2) is 40.8 Å². The van der Waals surface area contributed by atoms with Crippen molar-refractivity contribution in [2.75, 3.05) is 6.61 Å². The lowest BCUT2D eigenvalue weighted by molar-refractivity contribution is -0.402. The summed E-state index contributed by atoms with van der Waals surface area (Å²) in [7, 11) is 0. The number of carboxylic acid groups (broad SMARTS) is 1. The summed E-state index contributed by atoms with van der Waals surface area (Å²) in [5.41, 5.74) is 0.929. The topological polar surface area (TPSA) is 143 Å². The van der Waals surface area contributed by atoms with Gasteiger partial charge in [-0.2, -0.15) is 0 Å². The van der Waals surface area contributed by atoms with Gasteiger partial charge in [0, 0.05) is 5.56 Å². The van der Waals surface area contributed by atoms with Crippen molar-refractivity contribution in [1.82, 2.24) is 5.32 Å². The summed E-state index contributed by atoms with van der Waals surface area (Å²) < 4.78 is 4.98. The van der Waals surface area contributed by atoms with Crippen LogP contribution in [0.2, 0.25) is 0 Å². The number of benzene rings is 1. The molecule has 0 saturated carbocycles. The minimum atomic E-state index is -1.37. The highest BCUT2D eigenvalue weighted by atomic mass is 16.6. The quantitative estimate of drug-likeness (QED) is 0.509. The molecule has 0 aliphatic rings. The lowest BCUT2D eigenvalue weighted by Crippen LogP contribution is -2.43. The predicted molar refractivity (Wildman–Crippen MR) is 86.7 cm³/mol. The van der Waals surface area contributed by atoms with Gasteiger partial charge in [0.25, 0.3) is 5.91 Å². The molecule has 3 N–H and O–H groups in total. The smallest absolute Gasteiger partial charge is 0.433 e. The van der Waals surface area contributed by atoms with E-state index in [2.05, 4.69) is 5.32 Å². The number of furan rings is 1. The zero-order valence-electron chi connectivity index (χ0n) is 12.8. The van der Waals surface area contributed by atoms with E-state index in [4.69, 9.17) is 14.6 Å². The van der Waals surface area contributed by atoms with Gasteiger partial charge in [0.1, 0.15) is 10.7 Å². The average Bonchev–Trinajstić information content (AvgIpc) is 3.07. The molecule has 2 rings (SSSR count).